The molecule has 0 aliphatic heterocycles. The summed E-state index contributed by atoms with van der Waals surface area (Å²) in [5, 5.41) is 2.49. The van der Waals surface area contributed by atoms with E-state index in [4.69, 9.17) is 18.0 Å². The number of benzene rings is 1. The van der Waals surface area contributed by atoms with Gasteiger partial charge >= 0.3 is 0 Å². The minimum Gasteiger partial charge on any atom is -0.341 e. The lowest BCUT2D eigenvalue weighted by molar-refractivity contribution is 0.0959. The fourth-order valence-corrected chi connectivity index (χ4v) is 4.20. The molecule has 22 heavy (non-hydrogen) atoms. The molecule has 0 radical (unpaired) electrons. The summed E-state index contributed by atoms with van der Waals surface area (Å²) >= 11 is 6.68. The van der Waals surface area contributed by atoms with E-state index in [1.807, 2.05) is 0 Å². The molecule has 0 saturated carbocycles. The van der Waals surface area contributed by atoms with Gasteiger partial charge in [0.25, 0.3) is 15.9 Å². The molecule has 0 saturated heterocycles. The molecule has 0 aliphatic carbocycles. The number of hydrogen-bond acceptors (Lipinski definition) is 4. The van der Waals surface area contributed by atoms with E-state index >= 15 is 0 Å². The van der Waals surface area contributed by atoms with Crippen LogP contribution in [0.1, 0.15) is 10.4 Å². The van der Waals surface area contributed by atoms with E-state index in [0.717, 1.165) is 11.3 Å². The lowest BCUT2D eigenvalue weighted by Gasteiger charge is -2.11. The van der Waals surface area contributed by atoms with Crippen LogP contribution >= 0.6 is 22.9 Å². The van der Waals surface area contributed by atoms with Crippen LogP contribution in [0, 0.1) is 12.3 Å². The van der Waals surface area contributed by atoms with Crippen LogP contribution in [0.2, 0.25) is 4.34 Å². The first-order valence-corrected chi connectivity index (χ1v) is 8.70. The van der Waals surface area contributed by atoms with Gasteiger partial charge in [-0.25, -0.2) is 8.42 Å². The minimum absolute atomic E-state index is 0.0560. The van der Waals surface area contributed by atoms with Crippen molar-refractivity contribution >= 4 is 44.6 Å². The maximum Gasteiger partial charge on any atom is 0.271 e. The van der Waals surface area contributed by atoms with Gasteiger partial charge in [-0.05, 0) is 24.3 Å². The topological polar surface area (TPSA) is 75.3 Å². The Kier molecular flexibility index (Phi) is 5.08. The van der Waals surface area contributed by atoms with E-state index in [0.29, 0.717) is 4.34 Å². The molecule has 1 amide bonds. The Labute approximate surface area is 137 Å². The Morgan fingerprint density at radius 2 is 2.00 bits per heavy atom. The van der Waals surface area contributed by atoms with E-state index in [9.17, 15) is 13.2 Å². The zero-order valence-electron chi connectivity index (χ0n) is 11.2. The van der Waals surface area contributed by atoms with E-state index in [1.165, 1.54) is 24.3 Å². The number of carbonyl (C=O) groups is 1. The Bertz CT molecular complexity index is 838. The van der Waals surface area contributed by atoms with Gasteiger partial charge in [-0.2, -0.15) is 0 Å². The van der Waals surface area contributed by atoms with Crippen molar-refractivity contribution in [2.75, 3.05) is 11.3 Å². The first kappa shape index (κ1) is 16.4. The third-order valence-electron chi connectivity index (χ3n) is 2.58. The molecule has 5 nitrogen and oxygen atoms in total. The number of carbonyl (C=O) groups excluding carboxylic acids is 1. The van der Waals surface area contributed by atoms with Gasteiger partial charge in [0.15, 0.2) is 0 Å². The monoisotopic (exact) mass is 354 g/mol. The van der Waals surface area contributed by atoms with Crippen molar-refractivity contribution in [1.29, 1.82) is 0 Å². The van der Waals surface area contributed by atoms with Crippen molar-refractivity contribution < 1.29 is 13.2 Å². The molecular formula is C14H11ClN2O3S2. The summed E-state index contributed by atoms with van der Waals surface area (Å²) in [6.07, 6.45) is 5.09. The Hall–Kier alpha value is -2.01. The fraction of sp³-hybridized carbons (Fsp3) is 0.0714. The molecule has 0 atom stereocenters. The van der Waals surface area contributed by atoms with E-state index in [-0.39, 0.29) is 22.0 Å². The van der Waals surface area contributed by atoms with Gasteiger partial charge < -0.3 is 5.32 Å². The van der Waals surface area contributed by atoms with Gasteiger partial charge in [0.1, 0.15) is 4.21 Å². The number of rotatable bonds is 5. The largest absolute Gasteiger partial charge is 0.341 e. The highest BCUT2D eigenvalue weighted by Gasteiger charge is 2.20. The number of nitrogens with one attached hydrogen (secondary N) is 2. The number of sulfonamides is 1. The summed E-state index contributed by atoms with van der Waals surface area (Å²) in [5.41, 5.74) is 0.352. The van der Waals surface area contributed by atoms with Crippen molar-refractivity contribution in [2.45, 2.75) is 4.21 Å². The number of anilines is 1. The first-order valence-electron chi connectivity index (χ1n) is 6.03. The second-order valence-electron chi connectivity index (χ2n) is 4.10. The molecule has 114 valence electrons. The van der Waals surface area contributed by atoms with E-state index in [1.54, 1.807) is 12.1 Å². The molecule has 2 aromatic rings. The van der Waals surface area contributed by atoms with Crippen LogP contribution in [0.15, 0.2) is 40.6 Å². The molecule has 2 N–H and O–H groups in total. The third-order valence-corrected chi connectivity index (χ3v) is 5.67. The van der Waals surface area contributed by atoms with Crippen LogP contribution in [0.25, 0.3) is 0 Å². The van der Waals surface area contributed by atoms with Crippen molar-refractivity contribution in [1.82, 2.24) is 5.32 Å². The number of amides is 1. The van der Waals surface area contributed by atoms with Crippen molar-refractivity contribution in [3.63, 3.8) is 0 Å². The zero-order chi connectivity index (χ0) is 16.2. The molecule has 0 bridgehead atoms. The summed E-state index contributed by atoms with van der Waals surface area (Å²) in [5.74, 6) is 1.82. The molecule has 0 unspecified atom stereocenters. The van der Waals surface area contributed by atoms with Crippen molar-refractivity contribution in [2.24, 2.45) is 0 Å². The van der Waals surface area contributed by atoms with Gasteiger partial charge in [0, 0.05) is 0 Å². The number of halogens is 1. The summed E-state index contributed by atoms with van der Waals surface area (Å²) in [6.45, 7) is 0.0560. The molecule has 0 fully saturated rings. The molecule has 2 rings (SSSR count). The standard InChI is InChI=1S/C14H11ClN2O3S2/c1-2-9-16-14(18)10-5-3-4-6-11(10)17-22(19,20)13-8-7-12(15)21-13/h1,3-8,17H,9H2,(H,16,18). The average molecular weight is 355 g/mol. The molecule has 8 heteroatoms. The second kappa shape index (κ2) is 6.83. The Morgan fingerprint density at radius 1 is 1.27 bits per heavy atom. The van der Waals surface area contributed by atoms with Crippen LogP contribution in [0.3, 0.4) is 0 Å². The van der Waals surface area contributed by atoms with Gasteiger partial charge in [0.2, 0.25) is 0 Å². The molecule has 1 aromatic heterocycles. The zero-order valence-corrected chi connectivity index (χ0v) is 13.6. The van der Waals surface area contributed by atoms with Crippen LogP contribution in [0.5, 0.6) is 0 Å². The van der Waals surface area contributed by atoms with Crippen LogP contribution in [-0.2, 0) is 10.0 Å². The van der Waals surface area contributed by atoms with Crippen LogP contribution in [0.4, 0.5) is 5.69 Å². The smallest absolute Gasteiger partial charge is 0.271 e. The molecular weight excluding hydrogens is 344 g/mol. The normalized spacial score (nSPS) is 10.7. The fourth-order valence-electron chi connectivity index (χ4n) is 1.63. The van der Waals surface area contributed by atoms with Gasteiger partial charge in [-0.15, -0.1) is 17.8 Å². The predicted molar refractivity (Wildman–Crippen MR) is 87.7 cm³/mol. The molecule has 1 aromatic carbocycles. The number of thiophene rings is 1. The predicted octanol–water partition coefficient (Wildman–Crippen LogP) is 2.57. The lowest BCUT2D eigenvalue weighted by atomic mass is 10.2. The first-order chi connectivity index (χ1) is 10.4. The maximum atomic E-state index is 12.3. The van der Waals surface area contributed by atoms with Crippen LogP contribution in [-0.4, -0.2) is 20.9 Å². The van der Waals surface area contributed by atoms with Gasteiger partial charge in [-0.3, -0.25) is 9.52 Å². The summed E-state index contributed by atoms with van der Waals surface area (Å²) < 4.78 is 27.4. The van der Waals surface area contributed by atoms with Gasteiger partial charge in [0.05, 0.1) is 22.1 Å². The third kappa shape index (κ3) is 3.80. The Balaban J connectivity index is 2.30. The quantitative estimate of drug-likeness (QED) is 0.810. The number of para-hydroxylation sites is 1. The molecule has 1 heterocycles. The van der Waals surface area contributed by atoms with Crippen LogP contribution < -0.4 is 10.0 Å². The van der Waals surface area contributed by atoms with E-state index in [2.05, 4.69) is 16.0 Å². The summed E-state index contributed by atoms with van der Waals surface area (Å²) in [4.78, 5) is 12.0. The molecule has 0 spiro atoms. The van der Waals surface area contributed by atoms with E-state index < -0.39 is 15.9 Å². The number of terminal acetylenes is 1. The van der Waals surface area contributed by atoms with Crippen molar-refractivity contribution in [3.05, 3.63) is 46.3 Å². The number of hydrogen-bond donors (Lipinski definition) is 2. The second-order valence-corrected chi connectivity index (χ2v) is 7.72. The highest BCUT2D eigenvalue weighted by molar-refractivity contribution is 7.94. The van der Waals surface area contributed by atoms with Crippen molar-refractivity contribution in [3.8, 4) is 12.3 Å². The van der Waals surface area contributed by atoms with Gasteiger partial charge in [-0.1, -0.05) is 29.7 Å². The maximum absolute atomic E-state index is 12.3. The lowest BCUT2D eigenvalue weighted by Crippen LogP contribution is -2.25. The average Bonchev–Trinajstić information content (AvgIpc) is 2.92. The SMILES string of the molecule is C#CCNC(=O)c1ccccc1NS(=O)(=O)c1ccc(Cl)s1. The minimum atomic E-state index is -3.81. The highest BCUT2D eigenvalue weighted by atomic mass is 35.5. The Morgan fingerprint density at radius 3 is 2.64 bits per heavy atom. The molecule has 0 aliphatic rings. The highest BCUT2D eigenvalue weighted by Crippen LogP contribution is 2.28. The summed E-state index contributed by atoms with van der Waals surface area (Å²) in [7, 11) is -3.81. The summed E-state index contributed by atoms with van der Waals surface area (Å²) in [6, 6.07) is 9.15.